The van der Waals surface area contributed by atoms with E-state index in [9.17, 15) is 35.1 Å². The highest BCUT2D eigenvalue weighted by molar-refractivity contribution is 6.31. The summed E-state index contributed by atoms with van der Waals surface area (Å²) in [6.07, 6.45) is -9.03. The number of methoxy groups -OCH3 is 2. The zero-order valence-corrected chi connectivity index (χ0v) is 21.5. The minimum atomic E-state index is -2.20. The Labute approximate surface area is 222 Å². The summed E-state index contributed by atoms with van der Waals surface area (Å²) >= 11 is 0. The van der Waals surface area contributed by atoms with Crippen LogP contribution in [0.5, 0.6) is 11.5 Å². The summed E-state index contributed by atoms with van der Waals surface area (Å²) in [7, 11) is 2.49. The van der Waals surface area contributed by atoms with Gasteiger partial charge < -0.3 is 44.5 Å². The van der Waals surface area contributed by atoms with Crippen molar-refractivity contribution >= 4 is 17.3 Å². The van der Waals surface area contributed by atoms with Gasteiger partial charge in [-0.2, -0.15) is 0 Å². The Morgan fingerprint density at radius 1 is 1.00 bits per heavy atom. The molecule has 2 aliphatic carbocycles. The first-order chi connectivity index (χ1) is 18.4. The van der Waals surface area contributed by atoms with Crippen LogP contribution in [0.1, 0.15) is 62.9 Å². The number of nitrogens with one attached hydrogen (secondary N) is 1. The average molecular weight is 544 g/mol. The van der Waals surface area contributed by atoms with Crippen molar-refractivity contribution in [3.8, 4) is 11.5 Å². The molecule has 3 aliphatic rings. The van der Waals surface area contributed by atoms with Gasteiger partial charge in [-0.05, 0) is 26.0 Å². The fourth-order valence-electron chi connectivity index (χ4n) is 5.70. The number of ketones is 2. The van der Waals surface area contributed by atoms with Crippen molar-refractivity contribution in [2.75, 3.05) is 14.2 Å². The fourth-order valence-corrected chi connectivity index (χ4v) is 5.70. The number of aliphatic hydroxyl groups is 3. The molecule has 1 unspecified atom stereocenters. The highest BCUT2D eigenvalue weighted by atomic mass is 16.7. The quantitative estimate of drug-likeness (QED) is 0.269. The molecule has 0 aromatic heterocycles. The summed E-state index contributed by atoms with van der Waals surface area (Å²) in [5.41, 5.74) is -3.43. The Morgan fingerprint density at radius 3 is 2.33 bits per heavy atom. The van der Waals surface area contributed by atoms with Gasteiger partial charge in [-0.1, -0.05) is 12.1 Å². The van der Waals surface area contributed by atoms with Crippen LogP contribution in [0.4, 0.5) is 0 Å². The number of phenols is 2. The van der Waals surface area contributed by atoms with E-state index in [4.69, 9.17) is 24.4 Å². The molecular weight excluding hydrogens is 514 g/mol. The van der Waals surface area contributed by atoms with E-state index in [1.54, 1.807) is 0 Å². The predicted octanol–water partition coefficient (Wildman–Crippen LogP) is 0.560. The standard InChI is InChI=1S/C27H29NO11/c1-9-18(30)21(33)23(36-3)26(38-9)39-22-16-12(24(34)27(2,35)25(22)37-4)8-11-15(20(16)32)17(28)14-10(19(11)31)6-5-7-13(14)29/h5-9,18,21-23,25-26,28-30,32-33,35H,1-4H3/t9-,18-,21+,22?,23+,25-,26-,27+/m0/s1. The normalized spacial score (nSPS) is 33.9. The van der Waals surface area contributed by atoms with Gasteiger partial charge >= 0.3 is 0 Å². The van der Waals surface area contributed by atoms with E-state index in [2.05, 4.69) is 0 Å². The number of Topliss-reactive ketones (excluding diaryl/α,β-unsaturated/α-hetero) is 1. The third-order valence-corrected chi connectivity index (χ3v) is 7.78. The fraction of sp³-hybridized carbons (Fsp3) is 0.444. The van der Waals surface area contributed by atoms with Gasteiger partial charge in [0.1, 0.15) is 42.0 Å². The number of benzene rings is 2. The van der Waals surface area contributed by atoms with E-state index >= 15 is 0 Å². The number of fused-ring (bicyclic) bond motifs is 3. The monoisotopic (exact) mass is 543 g/mol. The lowest BCUT2D eigenvalue weighted by Crippen LogP contribution is -2.60. The van der Waals surface area contributed by atoms with Gasteiger partial charge in [-0.15, -0.1) is 0 Å². The van der Waals surface area contributed by atoms with E-state index in [0.717, 1.165) is 0 Å². The minimum absolute atomic E-state index is 0.0181. The van der Waals surface area contributed by atoms with E-state index in [-0.39, 0.29) is 44.8 Å². The van der Waals surface area contributed by atoms with Gasteiger partial charge in [-0.3, -0.25) is 15.0 Å². The maximum Gasteiger partial charge on any atom is 0.197 e. The Bertz CT molecular complexity index is 1390. The van der Waals surface area contributed by atoms with Crippen LogP contribution in [0, 0.1) is 5.41 Å². The summed E-state index contributed by atoms with van der Waals surface area (Å²) in [5, 5.41) is 62.8. The lowest BCUT2D eigenvalue weighted by atomic mass is 9.72. The SMILES string of the molecule is CO[C@H]1[C@H](OC2c3c(cc4c(c3O)C(=N)c3c(O)cccc3C4=O)C(=O)[C@@](C)(O)[C@H]2OC)O[C@@H](C)[C@H](O)[C@H]1O. The molecule has 8 atom stereocenters. The van der Waals surface area contributed by atoms with Gasteiger partial charge in [0.25, 0.3) is 0 Å². The van der Waals surface area contributed by atoms with E-state index in [0.29, 0.717) is 0 Å². The lowest BCUT2D eigenvalue weighted by Gasteiger charge is -2.46. The molecule has 0 radical (unpaired) electrons. The average Bonchev–Trinajstić information content (AvgIpc) is 2.88. The van der Waals surface area contributed by atoms with E-state index in [1.807, 2.05) is 0 Å². The molecule has 2 aromatic rings. The molecule has 39 heavy (non-hydrogen) atoms. The number of hydrogen-bond donors (Lipinski definition) is 6. The molecule has 0 bridgehead atoms. The lowest BCUT2D eigenvalue weighted by molar-refractivity contribution is -0.321. The first-order valence-corrected chi connectivity index (χ1v) is 12.2. The molecule has 2 aromatic carbocycles. The number of aromatic hydroxyl groups is 2. The van der Waals surface area contributed by atoms with Crippen molar-refractivity contribution in [2.45, 2.75) is 62.4 Å². The highest BCUT2D eigenvalue weighted by Gasteiger charge is 2.55. The highest BCUT2D eigenvalue weighted by Crippen LogP contribution is 2.49. The molecule has 1 saturated heterocycles. The van der Waals surface area contributed by atoms with Gasteiger partial charge in [0.15, 0.2) is 23.5 Å². The molecule has 12 heteroatoms. The number of ether oxygens (including phenoxy) is 4. The zero-order chi connectivity index (χ0) is 28.5. The van der Waals surface area contributed by atoms with Gasteiger partial charge in [-0.25, -0.2) is 0 Å². The van der Waals surface area contributed by atoms with Crippen LogP contribution in [0.15, 0.2) is 24.3 Å². The van der Waals surface area contributed by atoms with Crippen molar-refractivity contribution in [3.05, 3.63) is 57.6 Å². The van der Waals surface area contributed by atoms with Crippen LogP contribution in [0.2, 0.25) is 0 Å². The topological polar surface area (TPSA) is 196 Å². The molecule has 0 saturated carbocycles. The largest absolute Gasteiger partial charge is 0.507 e. The first kappa shape index (κ1) is 27.3. The summed E-state index contributed by atoms with van der Waals surface area (Å²) in [5.74, 6) is -2.48. The molecule has 12 nitrogen and oxygen atoms in total. The summed E-state index contributed by atoms with van der Waals surface area (Å²) in [6.45, 7) is 2.70. The number of carbonyl (C=O) groups excluding carboxylic acids is 2. The van der Waals surface area contributed by atoms with Crippen LogP contribution >= 0.6 is 0 Å². The molecule has 0 spiro atoms. The number of rotatable bonds is 4. The van der Waals surface area contributed by atoms with Crippen LogP contribution in [0.3, 0.4) is 0 Å². The number of phenolic OH excluding ortho intramolecular Hbond substituents is 2. The van der Waals surface area contributed by atoms with Gasteiger partial charge in [0.05, 0.1) is 22.9 Å². The predicted molar refractivity (Wildman–Crippen MR) is 132 cm³/mol. The molecule has 1 fully saturated rings. The minimum Gasteiger partial charge on any atom is -0.507 e. The van der Waals surface area contributed by atoms with Crippen LogP contribution in [-0.2, 0) is 18.9 Å². The van der Waals surface area contributed by atoms with Crippen LogP contribution in [0.25, 0.3) is 0 Å². The van der Waals surface area contributed by atoms with E-state index < -0.39 is 65.8 Å². The van der Waals surface area contributed by atoms with Crippen molar-refractivity contribution in [2.24, 2.45) is 0 Å². The molecule has 1 heterocycles. The number of carbonyl (C=O) groups is 2. The Kier molecular flexibility index (Phi) is 6.63. The van der Waals surface area contributed by atoms with Crippen molar-refractivity contribution in [3.63, 3.8) is 0 Å². The molecule has 0 amide bonds. The first-order valence-electron chi connectivity index (χ1n) is 12.2. The zero-order valence-electron chi connectivity index (χ0n) is 21.5. The van der Waals surface area contributed by atoms with Crippen molar-refractivity contribution in [1.29, 1.82) is 5.41 Å². The van der Waals surface area contributed by atoms with Crippen LogP contribution < -0.4 is 0 Å². The van der Waals surface area contributed by atoms with Gasteiger partial charge in [0, 0.05) is 36.5 Å². The van der Waals surface area contributed by atoms with Crippen LogP contribution in [-0.4, -0.2) is 99.4 Å². The smallest absolute Gasteiger partial charge is 0.197 e. The number of aliphatic hydroxyl groups excluding tert-OH is 2. The Balaban J connectivity index is 1.71. The Morgan fingerprint density at radius 2 is 1.69 bits per heavy atom. The second-order valence-electron chi connectivity index (χ2n) is 10.1. The molecule has 208 valence electrons. The maximum atomic E-state index is 13.5. The van der Waals surface area contributed by atoms with E-state index in [1.165, 1.54) is 52.3 Å². The maximum absolute atomic E-state index is 13.5. The number of hydrogen-bond acceptors (Lipinski definition) is 12. The molecular formula is C27H29NO11. The third kappa shape index (κ3) is 3.83. The summed E-state index contributed by atoms with van der Waals surface area (Å²) in [4.78, 5) is 26.9. The summed E-state index contributed by atoms with van der Waals surface area (Å²) in [6, 6.07) is 5.35. The second kappa shape index (κ2) is 9.45. The summed E-state index contributed by atoms with van der Waals surface area (Å²) < 4.78 is 22.7. The molecule has 1 aliphatic heterocycles. The molecule has 6 N–H and O–H groups in total. The Hall–Kier alpha value is -3.23. The molecule has 5 rings (SSSR count). The van der Waals surface area contributed by atoms with Crippen molar-refractivity contribution < 1.29 is 54.1 Å². The third-order valence-electron chi connectivity index (χ3n) is 7.78. The second-order valence-corrected chi connectivity index (χ2v) is 10.1. The van der Waals surface area contributed by atoms with Gasteiger partial charge in [0.2, 0.25) is 0 Å². The van der Waals surface area contributed by atoms with Crippen molar-refractivity contribution in [1.82, 2.24) is 0 Å².